The van der Waals surface area contributed by atoms with Crippen LogP contribution in [0.25, 0.3) is 10.7 Å². The summed E-state index contributed by atoms with van der Waals surface area (Å²) < 4.78 is 0. The number of anilines is 1. The maximum Gasteiger partial charge on any atom is 0.172 e. The van der Waals surface area contributed by atoms with Crippen LogP contribution >= 0.6 is 11.3 Å². The molecular formula is C14H19N3S. The molecular weight excluding hydrogens is 242 g/mol. The van der Waals surface area contributed by atoms with Gasteiger partial charge in [-0.2, -0.15) is 0 Å². The Labute approximate surface area is 112 Å². The van der Waals surface area contributed by atoms with Crippen molar-refractivity contribution in [2.45, 2.75) is 34.1 Å². The number of aryl methyl sites for hydroxylation is 2. The predicted molar refractivity (Wildman–Crippen MR) is 78.4 cm³/mol. The van der Waals surface area contributed by atoms with E-state index < -0.39 is 0 Å². The Balaban J connectivity index is 2.54. The van der Waals surface area contributed by atoms with Gasteiger partial charge < -0.3 is 5.32 Å². The first-order chi connectivity index (χ1) is 8.67. The van der Waals surface area contributed by atoms with Crippen molar-refractivity contribution in [3.05, 3.63) is 28.3 Å². The van der Waals surface area contributed by atoms with E-state index in [9.17, 15) is 0 Å². The van der Waals surface area contributed by atoms with Gasteiger partial charge in [-0.3, -0.25) is 0 Å². The Morgan fingerprint density at radius 1 is 1.22 bits per heavy atom. The van der Waals surface area contributed by atoms with E-state index in [0.29, 0.717) is 0 Å². The van der Waals surface area contributed by atoms with Crippen LogP contribution in [-0.4, -0.2) is 16.5 Å². The monoisotopic (exact) mass is 261 g/mol. The van der Waals surface area contributed by atoms with Gasteiger partial charge in [0, 0.05) is 17.8 Å². The van der Waals surface area contributed by atoms with Gasteiger partial charge in [-0.15, -0.1) is 11.3 Å². The molecule has 2 aromatic heterocycles. The van der Waals surface area contributed by atoms with Crippen LogP contribution in [0, 0.1) is 13.8 Å². The molecule has 0 bridgehead atoms. The molecule has 0 spiro atoms. The zero-order chi connectivity index (χ0) is 13.1. The van der Waals surface area contributed by atoms with E-state index >= 15 is 0 Å². The Bertz CT molecular complexity index is 546. The van der Waals surface area contributed by atoms with Gasteiger partial charge in [-0.25, -0.2) is 9.97 Å². The third-order valence-corrected chi connectivity index (χ3v) is 3.99. The van der Waals surface area contributed by atoms with Gasteiger partial charge in [0.25, 0.3) is 0 Å². The van der Waals surface area contributed by atoms with Crippen LogP contribution in [0.15, 0.2) is 11.4 Å². The lowest BCUT2D eigenvalue weighted by atomic mass is 10.1. The van der Waals surface area contributed by atoms with E-state index in [4.69, 9.17) is 0 Å². The highest BCUT2D eigenvalue weighted by Gasteiger charge is 2.13. The first-order valence-electron chi connectivity index (χ1n) is 6.33. The lowest BCUT2D eigenvalue weighted by Gasteiger charge is -2.12. The number of aromatic nitrogens is 2. The van der Waals surface area contributed by atoms with Crippen LogP contribution < -0.4 is 5.32 Å². The largest absolute Gasteiger partial charge is 0.370 e. The van der Waals surface area contributed by atoms with Gasteiger partial charge in [0.15, 0.2) is 5.82 Å². The van der Waals surface area contributed by atoms with Gasteiger partial charge in [0.1, 0.15) is 5.82 Å². The van der Waals surface area contributed by atoms with Gasteiger partial charge in [0.2, 0.25) is 0 Å². The highest BCUT2D eigenvalue weighted by molar-refractivity contribution is 7.13. The summed E-state index contributed by atoms with van der Waals surface area (Å²) in [6.45, 7) is 9.28. The number of nitrogens with one attached hydrogen (secondary N) is 1. The quantitative estimate of drug-likeness (QED) is 0.909. The molecule has 2 aromatic rings. The van der Waals surface area contributed by atoms with E-state index in [1.54, 1.807) is 11.3 Å². The summed E-state index contributed by atoms with van der Waals surface area (Å²) in [5.41, 5.74) is 3.53. The minimum absolute atomic E-state index is 0.841. The molecule has 96 valence electrons. The Hall–Kier alpha value is -1.42. The molecule has 4 heteroatoms. The Kier molecular flexibility index (Phi) is 3.97. The zero-order valence-electron chi connectivity index (χ0n) is 11.4. The van der Waals surface area contributed by atoms with Crippen LogP contribution in [0.3, 0.4) is 0 Å². The molecule has 1 N–H and O–H groups in total. The van der Waals surface area contributed by atoms with Crippen LogP contribution in [0.1, 0.15) is 30.7 Å². The second kappa shape index (κ2) is 5.48. The number of hydrogen-bond acceptors (Lipinski definition) is 4. The Morgan fingerprint density at radius 3 is 2.56 bits per heavy atom. The minimum Gasteiger partial charge on any atom is -0.370 e. The van der Waals surface area contributed by atoms with E-state index in [-0.39, 0.29) is 0 Å². The fourth-order valence-electron chi connectivity index (χ4n) is 2.04. The molecule has 0 atom stereocenters. The number of nitrogens with zero attached hydrogens (tertiary/aromatic N) is 2. The van der Waals surface area contributed by atoms with Crippen LogP contribution in [-0.2, 0) is 6.42 Å². The molecule has 0 unspecified atom stereocenters. The lowest BCUT2D eigenvalue weighted by molar-refractivity contribution is 0.991. The van der Waals surface area contributed by atoms with Crippen molar-refractivity contribution in [3.63, 3.8) is 0 Å². The lowest BCUT2D eigenvalue weighted by Crippen LogP contribution is -2.07. The predicted octanol–water partition coefficient (Wildman–Crippen LogP) is 3.82. The van der Waals surface area contributed by atoms with Crippen LogP contribution in [0.5, 0.6) is 0 Å². The second-order valence-corrected chi connectivity index (χ2v) is 5.19. The summed E-state index contributed by atoms with van der Waals surface area (Å²) in [7, 11) is 0. The zero-order valence-corrected chi connectivity index (χ0v) is 12.2. The molecule has 2 heterocycles. The first kappa shape index (κ1) is 13.0. The van der Waals surface area contributed by atoms with Crippen molar-refractivity contribution in [3.8, 4) is 10.7 Å². The van der Waals surface area contributed by atoms with Gasteiger partial charge in [-0.1, -0.05) is 6.92 Å². The average molecular weight is 261 g/mol. The molecule has 3 nitrogen and oxygen atoms in total. The summed E-state index contributed by atoms with van der Waals surface area (Å²) in [5, 5.41) is 5.43. The molecule has 0 saturated carbocycles. The first-order valence-corrected chi connectivity index (χ1v) is 7.21. The number of rotatable bonds is 4. The normalized spacial score (nSPS) is 10.7. The van der Waals surface area contributed by atoms with E-state index in [1.165, 1.54) is 16.0 Å². The molecule has 18 heavy (non-hydrogen) atoms. The number of hydrogen-bond donors (Lipinski definition) is 1. The van der Waals surface area contributed by atoms with Crippen LogP contribution in [0.4, 0.5) is 5.82 Å². The molecule has 0 radical (unpaired) electrons. The van der Waals surface area contributed by atoms with Crippen molar-refractivity contribution >= 4 is 17.2 Å². The summed E-state index contributed by atoms with van der Waals surface area (Å²) in [4.78, 5) is 10.5. The molecule has 0 aliphatic carbocycles. The third kappa shape index (κ3) is 2.38. The summed E-state index contributed by atoms with van der Waals surface area (Å²) >= 11 is 1.70. The van der Waals surface area contributed by atoms with Crippen molar-refractivity contribution in [1.29, 1.82) is 0 Å². The molecule has 0 aromatic carbocycles. The third-order valence-electron chi connectivity index (χ3n) is 2.98. The van der Waals surface area contributed by atoms with Crippen molar-refractivity contribution in [1.82, 2.24) is 9.97 Å². The topological polar surface area (TPSA) is 37.8 Å². The van der Waals surface area contributed by atoms with E-state index in [2.05, 4.69) is 54.4 Å². The molecule has 0 amide bonds. The molecule has 0 fully saturated rings. The molecule has 0 saturated heterocycles. The van der Waals surface area contributed by atoms with E-state index in [1.807, 2.05) is 0 Å². The molecule has 0 aliphatic rings. The smallest absolute Gasteiger partial charge is 0.172 e. The van der Waals surface area contributed by atoms with E-state index in [0.717, 1.165) is 30.3 Å². The van der Waals surface area contributed by atoms with Crippen molar-refractivity contribution < 1.29 is 0 Å². The summed E-state index contributed by atoms with van der Waals surface area (Å²) in [6.07, 6.45) is 0.956. The number of thiophene rings is 1. The molecule has 2 rings (SSSR count). The highest BCUT2D eigenvalue weighted by Crippen LogP contribution is 2.29. The highest BCUT2D eigenvalue weighted by atomic mass is 32.1. The standard InChI is InChI=1S/C14H19N3S/c1-5-11-10(4)16-14(17-13(11)15-6-2)12-9(3)7-8-18-12/h7-8H,5-6H2,1-4H3,(H,15,16,17). The maximum atomic E-state index is 4.69. The minimum atomic E-state index is 0.841. The summed E-state index contributed by atoms with van der Waals surface area (Å²) in [5.74, 6) is 1.82. The van der Waals surface area contributed by atoms with Gasteiger partial charge in [0.05, 0.1) is 4.88 Å². The van der Waals surface area contributed by atoms with Gasteiger partial charge in [-0.05, 0) is 44.2 Å². The van der Waals surface area contributed by atoms with Gasteiger partial charge >= 0.3 is 0 Å². The average Bonchev–Trinajstić information content (AvgIpc) is 2.75. The second-order valence-electron chi connectivity index (χ2n) is 4.28. The van der Waals surface area contributed by atoms with Crippen molar-refractivity contribution in [2.75, 3.05) is 11.9 Å². The molecule has 0 aliphatic heterocycles. The fraction of sp³-hybridized carbons (Fsp3) is 0.429. The maximum absolute atomic E-state index is 4.69. The summed E-state index contributed by atoms with van der Waals surface area (Å²) in [6, 6.07) is 2.11. The fourth-order valence-corrected chi connectivity index (χ4v) is 2.90. The Morgan fingerprint density at radius 2 is 2.00 bits per heavy atom. The van der Waals surface area contributed by atoms with Crippen LogP contribution in [0.2, 0.25) is 0 Å². The SMILES string of the molecule is CCNc1nc(-c2sccc2C)nc(C)c1CC. The van der Waals surface area contributed by atoms with Crippen molar-refractivity contribution in [2.24, 2.45) is 0 Å².